The van der Waals surface area contributed by atoms with Crippen molar-refractivity contribution in [3.8, 4) is 17.2 Å². The van der Waals surface area contributed by atoms with Crippen LogP contribution < -0.4 is 19.8 Å². The molecule has 0 radical (unpaired) electrons. The number of pyridine rings is 2. The van der Waals surface area contributed by atoms with E-state index in [1.165, 1.54) is 21.3 Å². The lowest BCUT2D eigenvalue weighted by Gasteiger charge is -2.12. The molecule has 8 heteroatoms. The Morgan fingerprint density at radius 3 is 2.58 bits per heavy atom. The minimum atomic E-state index is -0.474. The molecule has 0 saturated heterocycles. The molecule has 31 heavy (non-hydrogen) atoms. The van der Waals surface area contributed by atoms with E-state index in [2.05, 4.69) is 9.72 Å². The summed E-state index contributed by atoms with van der Waals surface area (Å²) in [5.41, 5.74) is 1.87. The Bertz CT molecular complexity index is 1540. The van der Waals surface area contributed by atoms with Crippen molar-refractivity contribution in [1.82, 2.24) is 9.38 Å². The third-order valence-electron chi connectivity index (χ3n) is 5.45. The van der Waals surface area contributed by atoms with E-state index in [-0.39, 0.29) is 12.2 Å². The monoisotopic (exact) mass is 418 g/mol. The minimum absolute atomic E-state index is 0.200. The van der Waals surface area contributed by atoms with Crippen molar-refractivity contribution in [2.45, 2.75) is 0 Å². The Kier molecular flexibility index (Phi) is 4.28. The lowest BCUT2D eigenvalue weighted by atomic mass is 10.1. The predicted octanol–water partition coefficient (Wildman–Crippen LogP) is 3.16. The smallest absolute Gasteiger partial charge is 0.343 e. The van der Waals surface area contributed by atoms with Crippen molar-refractivity contribution >= 4 is 44.1 Å². The largest absolute Gasteiger partial charge is 0.493 e. The maximum Gasteiger partial charge on any atom is 0.343 e. The van der Waals surface area contributed by atoms with E-state index in [0.29, 0.717) is 44.6 Å². The van der Waals surface area contributed by atoms with Crippen LogP contribution in [0.5, 0.6) is 17.2 Å². The summed E-state index contributed by atoms with van der Waals surface area (Å²) in [6, 6.07) is 10.8. The van der Waals surface area contributed by atoms with Gasteiger partial charge < -0.3 is 18.9 Å². The number of hydrogen-bond donors (Lipinski definition) is 0. The van der Waals surface area contributed by atoms with Gasteiger partial charge in [0.05, 0.1) is 43.3 Å². The van der Waals surface area contributed by atoms with Gasteiger partial charge in [-0.15, -0.1) is 0 Å². The highest BCUT2D eigenvalue weighted by Gasteiger charge is 2.22. The molecule has 0 aliphatic heterocycles. The molecule has 0 bridgehead atoms. The third-order valence-corrected chi connectivity index (χ3v) is 5.45. The number of aromatic nitrogens is 2. The molecule has 0 amide bonds. The molecule has 3 heterocycles. The first-order chi connectivity index (χ1) is 15.1. The van der Waals surface area contributed by atoms with Crippen LogP contribution in [0, 0.1) is 0 Å². The summed E-state index contributed by atoms with van der Waals surface area (Å²) in [6.45, 7) is -0.200. The Balaban J connectivity index is 1.89. The zero-order valence-corrected chi connectivity index (χ0v) is 17.1. The molecular weight excluding hydrogens is 400 g/mol. The Labute approximate surface area is 175 Å². The second kappa shape index (κ2) is 7.02. The SMILES string of the molecule is COC(=O)COc1ccc2c(c1)c1ccnc3c4ccc(OC)c(OC)c4c(=O)n2c13. The molecule has 5 aromatic rings. The second-order valence-corrected chi connectivity index (χ2v) is 6.96. The van der Waals surface area contributed by atoms with Gasteiger partial charge in [-0.25, -0.2) is 4.79 Å². The summed E-state index contributed by atoms with van der Waals surface area (Å²) in [4.78, 5) is 29.7. The summed E-state index contributed by atoms with van der Waals surface area (Å²) in [5.74, 6) is 0.867. The first-order valence-corrected chi connectivity index (χ1v) is 9.52. The maximum absolute atomic E-state index is 13.7. The van der Waals surface area contributed by atoms with E-state index >= 15 is 0 Å². The number of nitrogens with zero attached hydrogens (tertiary/aromatic N) is 2. The molecule has 0 unspecified atom stereocenters. The molecule has 3 aromatic heterocycles. The highest BCUT2D eigenvalue weighted by Crippen LogP contribution is 2.39. The van der Waals surface area contributed by atoms with Crippen LogP contribution in [0.3, 0.4) is 0 Å². The van der Waals surface area contributed by atoms with Crippen LogP contribution in [-0.4, -0.2) is 43.3 Å². The molecule has 0 N–H and O–H groups in total. The van der Waals surface area contributed by atoms with E-state index in [1.54, 1.807) is 28.8 Å². The summed E-state index contributed by atoms with van der Waals surface area (Å²) in [6.07, 6.45) is 1.71. The summed E-state index contributed by atoms with van der Waals surface area (Å²) in [7, 11) is 4.34. The zero-order valence-electron chi connectivity index (χ0n) is 17.1. The second-order valence-electron chi connectivity index (χ2n) is 6.96. The quantitative estimate of drug-likeness (QED) is 0.320. The van der Waals surface area contributed by atoms with Gasteiger partial charge >= 0.3 is 5.97 Å². The van der Waals surface area contributed by atoms with Gasteiger partial charge in [-0.05, 0) is 36.4 Å². The van der Waals surface area contributed by atoms with E-state index in [1.807, 2.05) is 18.2 Å². The third kappa shape index (κ3) is 2.64. The normalized spacial score (nSPS) is 11.5. The predicted molar refractivity (Wildman–Crippen MR) is 116 cm³/mol. The number of carbonyl (C=O) groups is 1. The number of esters is 1. The minimum Gasteiger partial charge on any atom is -0.493 e. The highest BCUT2D eigenvalue weighted by atomic mass is 16.6. The standard InChI is InChI=1S/C23H18N2O6/c1-28-17-7-5-14-19(22(17)30-3)23(27)25-16-6-4-12(31-11-18(26)29-2)10-15(16)13-8-9-24-20(14)21(13)25/h4-10H,11H2,1-3H3. The molecule has 0 atom stereocenters. The average Bonchev–Trinajstić information content (AvgIpc) is 3.14. The summed E-state index contributed by atoms with van der Waals surface area (Å²) in [5, 5.41) is 2.76. The lowest BCUT2D eigenvalue weighted by Crippen LogP contribution is -2.14. The number of methoxy groups -OCH3 is 3. The van der Waals surface area contributed by atoms with Gasteiger partial charge in [-0.3, -0.25) is 14.2 Å². The molecular formula is C23H18N2O6. The van der Waals surface area contributed by atoms with E-state index in [9.17, 15) is 9.59 Å². The molecule has 8 nitrogen and oxygen atoms in total. The Morgan fingerprint density at radius 2 is 1.84 bits per heavy atom. The molecule has 0 fully saturated rings. The van der Waals surface area contributed by atoms with E-state index < -0.39 is 5.97 Å². The molecule has 156 valence electrons. The fraction of sp³-hybridized carbons (Fsp3) is 0.174. The van der Waals surface area contributed by atoms with Gasteiger partial charge in [0.2, 0.25) is 0 Å². The molecule has 0 spiro atoms. The van der Waals surface area contributed by atoms with Crippen molar-refractivity contribution in [1.29, 1.82) is 0 Å². The fourth-order valence-corrected chi connectivity index (χ4v) is 4.09. The van der Waals surface area contributed by atoms with Gasteiger partial charge in [0.25, 0.3) is 5.56 Å². The number of hydrogen-bond acceptors (Lipinski definition) is 7. The lowest BCUT2D eigenvalue weighted by molar-refractivity contribution is -0.142. The van der Waals surface area contributed by atoms with Crippen LogP contribution in [0.25, 0.3) is 38.1 Å². The topological polar surface area (TPSA) is 88.4 Å². The van der Waals surface area contributed by atoms with Crippen molar-refractivity contribution < 1.29 is 23.7 Å². The van der Waals surface area contributed by atoms with Crippen LogP contribution >= 0.6 is 0 Å². The highest BCUT2D eigenvalue weighted by molar-refractivity contribution is 6.19. The van der Waals surface area contributed by atoms with Gasteiger partial charge in [0.1, 0.15) is 5.75 Å². The van der Waals surface area contributed by atoms with Crippen molar-refractivity contribution in [2.75, 3.05) is 27.9 Å². The molecule has 0 saturated carbocycles. The van der Waals surface area contributed by atoms with Gasteiger partial charge in [0.15, 0.2) is 18.1 Å². The molecule has 0 aliphatic rings. The van der Waals surface area contributed by atoms with Crippen molar-refractivity contribution in [2.24, 2.45) is 0 Å². The van der Waals surface area contributed by atoms with E-state index in [0.717, 1.165) is 10.8 Å². The van der Waals surface area contributed by atoms with E-state index in [4.69, 9.17) is 14.2 Å². The van der Waals surface area contributed by atoms with Gasteiger partial charge in [-0.1, -0.05) is 0 Å². The first kappa shape index (κ1) is 18.9. The van der Waals surface area contributed by atoms with Crippen LogP contribution in [0.4, 0.5) is 0 Å². The Morgan fingerprint density at radius 1 is 1.00 bits per heavy atom. The zero-order chi connectivity index (χ0) is 21.7. The molecule has 5 rings (SSSR count). The van der Waals surface area contributed by atoms with Crippen molar-refractivity contribution in [3.63, 3.8) is 0 Å². The van der Waals surface area contributed by atoms with Crippen molar-refractivity contribution in [3.05, 3.63) is 52.9 Å². The number of fused-ring (bicyclic) bond motifs is 5. The van der Waals surface area contributed by atoms with Crippen LogP contribution in [0.1, 0.15) is 0 Å². The van der Waals surface area contributed by atoms with Crippen LogP contribution in [0.15, 0.2) is 47.4 Å². The average molecular weight is 418 g/mol. The number of ether oxygens (including phenoxy) is 4. The fourth-order valence-electron chi connectivity index (χ4n) is 4.09. The number of rotatable bonds is 5. The summed E-state index contributed by atoms with van der Waals surface area (Å²) < 4.78 is 22.7. The molecule has 0 aliphatic carbocycles. The van der Waals surface area contributed by atoms with Crippen LogP contribution in [0.2, 0.25) is 0 Å². The maximum atomic E-state index is 13.7. The van der Waals surface area contributed by atoms with Crippen LogP contribution in [-0.2, 0) is 9.53 Å². The molecule has 2 aromatic carbocycles. The van der Waals surface area contributed by atoms with Gasteiger partial charge in [0, 0.05) is 22.4 Å². The number of carbonyl (C=O) groups excluding carboxylic acids is 1. The number of benzene rings is 2. The van der Waals surface area contributed by atoms with Gasteiger partial charge in [-0.2, -0.15) is 0 Å². The summed E-state index contributed by atoms with van der Waals surface area (Å²) >= 11 is 0. The first-order valence-electron chi connectivity index (χ1n) is 9.52. The Hall–Kier alpha value is -4.07.